The first kappa shape index (κ1) is 16.6. The summed E-state index contributed by atoms with van der Waals surface area (Å²) in [6, 6.07) is 4.90. The van der Waals surface area contributed by atoms with Crippen LogP contribution in [0.3, 0.4) is 0 Å². The van der Waals surface area contributed by atoms with Crippen molar-refractivity contribution in [1.82, 2.24) is 0 Å². The second-order valence-corrected chi connectivity index (χ2v) is 6.14. The van der Waals surface area contributed by atoms with Crippen LogP contribution in [0.15, 0.2) is 36.9 Å². The monoisotopic (exact) mass is 334 g/mol. The van der Waals surface area contributed by atoms with Crippen molar-refractivity contribution in [3.63, 3.8) is 0 Å². The molecule has 0 unspecified atom stereocenters. The Morgan fingerprint density at radius 2 is 1.79 bits per heavy atom. The second-order valence-electron chi connectivity index (χ2n) is 6.14. The summed E-state index contributed by atoms with van der Waals surface area (Å²) >= 11 is 0. The molecular formula is C19H17F3O2. The number of benzene rings is 2. The van der Waals surface area contributed by atoms with Gasteiger partial charge in [0.05, 0.1) is 5.92 Å². The molecule has 0 heterocycles. The molecule has 1 fully saturated rings. The lowest BCUT2D eigenvalue weighted by Crippen LogP contribution is -2.25. The van der Waals surface area contributed by atoms with E-state index in [9.17, 15) is 18.0 Å². The highest BCUT2D eigenvalue weighted by atomic mass is 19.2. The third-order valence-corrected chi connectivity index (χ3v) is 4.60. The van der Waals surface area contributed by atoms with Gasteiger partial charge in [0, 0.05) is 5.39 Å². The van der Waals surface area contributed by atoms with Crippen LogP contribution < -0.4 is 4.74 Å². The minimum absolute atomic E-state index is 0.0554. The number of rotatable bonds is 3. The number of esters is 1. The van der Waals surface area contributed by atoms with E-state index in [2.05, 4.69) is 6.58 Å². The van der Waals surface area contributed by atoms with E-state index in [1.165, 1.54) is 18.2 Å². The lowest BCUT2D eigenvalue weighted by molar-refractivity contribution is -0.140. The van der Waals surface area contributed by atoms with Gasteiger partial charge in [-0.25, -0.2) is 13.2 Å². The molecule has 2 aromatic rings. The Hall–Kier alpha value is -2.30. The van der Waals surface area contributed by atoms with E-state index in [4.69, 9.17) is 4.74 Å². The molecule has 0 atom stereocenters. The average molecular weight is 334 g/mol. The number of fused-ring (bicyclic) bond motifs is 1. The van der Waals surface area contributed by atoms with Crippen LogP contribution in [0.1, 0.15) is 25.7 Å². The van der Waals surface area contributed by atoms with E-state index >= 15 is 0 Å². The third kappa shape index (κ3) is 3.16. The molecule has 126 valence electrons. The lowest BCUT2D eigenvalue weighted by atomic mass is 9.82. The van der Waals surface area contributed by atoms with Crippen molar-refractivity contribution in [2.75, 3.05) is 0 Å². The van der Waals surface area contributed by atoms with E-state index in [1.807, 2.05) is 6.08 Å². The number of allylic oxidation sites excluding steroid dienone is 1. The van der Waals surface area contributed by atoms with Gasteiger partial charge in [-0.3, -0.25) is 4.79 Å². The maximum atomic E-state index is 13.7. The van der Waals surface area contributed by atoms with Crippen molar-refractivity contribution < 1.29 is 22.7 Å². The van der Waals surface area contributed by atoms with Crippen molar-refractivity contribution in [2.45, 2.75) is 25.7 Å². The number of hydrogen-bond acceptors (Lipinski definition) is 2. The van der Waals surface area contributed by atoms with Gasteiger partial charge < -0.3 is 4.74 Å². The number of ether oxygens (including phenoxy) is 1. The SMILES string of the molecule is C=CC1CCC(C(=O)Oc2ccc3c(F)c(F)c(F)cc3c2)CC1. The molecule has 0 aliphatic heterocycles. The minimum atomic E-state index is -1.51. The summed E-state index contributed by atoms with van der Waals surface area (Å²) in [5.74, 6) is -3.92. The van der Waals surface area contributed by atoms with E-state index in [0.29, 0.717) is 5.92 Å². The average Bonchev–Trinajstić information content (AvgIpc) is 2.59. The summed E-state index contributed by atoms with van der Waals surface area (Å²) < 4.78 is 45.6. The van der Waals surface area contributed by atoms with Gasteiger partial charge in [0.15, 0.2) is 17.5 Å². The van der Waals surface area contributed by atoms with Crippen LogP contribution in [0.2, 0.25) is 0 Å². The zero-order valence-electron chi connectivity index (χ0n) is 13.0. The molecule has 1 saturated carbocycles. The summed E-state index contributed by atoms with van der Waals surface area (Å²) in [5.41, 5.74) is 0. The van der Waals surface area contributed by atoms with Crippen LogP contribution in [-0.2, 0) is 4.79 Å². The van der Waals surface area contributed by atoms with E-state index in [1.54, 1.807) is 0 Å². The lowest BCUT2D eigenvalue weighted by Gasteiger charge is -2.24. The van der Waals surface area contributed by atoms with Crippen LogP contribution >= 0.6 is 0 Å². The Morgan fingerprint density at radius 3 is 2.46 bits per heavy atom. The van der Waals surface area contributed by atoms with Crippen molar-refractivity contribution in [2.24, 2.45) is 11.8 Å². The highest BCUT2D eigenvalue weighted by molar-refractivity contribution is 5.85. The quantitative estimate of drug-likeness (QED) is 0.336. The smallest absolute Gasteiger partial charge is 0.314 e. The van der Waals surface area contributed by atoms with Crippen molar-refractivity contribution in [3.8, 4) is 5.75 Å². The first-order valence-corrected chi connectivity index (χ1v) is 7.91. The molecule has 24 heavy (non-hydrogen) atoms. The predicted molar refractivity (Wildman–Crippen MR) is 85.1 cm³/mol. The fraction of sp³-hybridized carbons (Fsp3) is 0.316. The van der Waals surface area contributed by atoms with Crippen molar-refractivity contribution in [1.29, 1.82) is 0 Å². The molecule has 0 saturated heterocycles. The van der Waals surface area contributed by atoms with Gasteiger partial charge in [0.25, 0.3) is 0 Å². The largest absolute Gasteiger partial charge is 0.426 e. The van der Waals surface area contributed by atoms with Gasteiger partial charge in [0.1, 0.15) is 5.75 Å². The molecule has 0 spiro atoms. The molecule has 1 aliphatic rings. The zero-order chi connectivity index (χ0) is 17.3. The van der Waals surface area contributed by atoms with Gasteiger partial charge in [-0.1, -0.05) is 6.08 Å². The molecule has 2 aromatic carbocycles. The topological polar surface area (TPSA) is 26.3 Å². The van der Waals surface area contributed by atoms with Gasteiger partial charge >= 0.3 is 5.97 Å². The fourth-order valence-electron chi connectivity index (χ4n) is 3.14. The van der Waals surface area contributed by atoms with Gasteiger partial charge in [-0.15, -0.1) is 6.58 Å². The molecule has 0 bridgehead atoms. The maximum absolute atomic E-state index is 13.7. The third-order valence-electron chi connectivity index (χ3n) is 4.60. The van der Waals surface area contributed by atoms with Crippen LogP contribution in [-0.4, -0.2) is 5.97 Å². The van der Waals surface area contributed by atoms with Gasteiger partial charge in [-0.2, -0.15) is 0 Å². The molecule has 1 aliphatic carbocycles. The number of carbonyl (C=O) groups is 1. The molecule has 5 heteroatoms. The minimum Gasteiger partial charge on any atom is -0.426 e. The summed E-state index contributed by atoms with van der Waals surface area (Å²) in [5, 5.41) is 0.0901. The van der Waals surface area contributed by atoms with Crippen LogP contribution in [0, 0.1) is 29.3 Å². The zero-order valence-corrected chi connectivity index (χ0v) is 13.0. The van der Waals surface area contributed by atoms with E-state index in [0.717, 1.165) is 31.7 Å². The highest BCUT2D eigenvalue weighted by Gasteiger charge is 2.26. The second kappa shape index (κ2) is 6.67. The summed E-state index contributed by atoms with van der Waals surface area (Å²) in [4.78, 5) is 12.2. The maximum Gasteiger partial charge on any atom is 0.314 e. The van der Waals surface area contributed by atoms with Crippen molar-refractivity contribution in [3.05, 3.63) is 54.4 Å². The molecule has 2 nitrogen and oxygen atoms in total. The Labute approximate surface area is 137 Å². The molecule has 0 amide bonds. The predicted octanol–water partition coefficient (Wildman–Crippen LogP) is 5.15. The molecule has 3 rings (SSSR count). The standard InChI is InChI=1S/C19H17F3O2/c1-2-11-3-5-12(6-4-11)19(23)24-14-7-8-15-13(9-14)10-16(20)18(22)17(15)21/h2,7-12H,1,3-6H2. The number of halogens is 3. The van der Waals surface area contributed by atoms with Crippen LogP contribution in [0.4, 0.5) is 13.2 Å². The Morgan fingerprint density at radius 1 is 1.08 bits per heavy atom. The number of hydrogen-bond donors (Lipinski definition) is 0. The highest BCUT2D eigenvalue weighted by Crippen LogP contribution is 2.31. The van der Waals surface area contributed by atoms with Gasteiger partial charge in [0.2, 0.25) is 0 Å². The molecular weight excluding hydrogens is 317 g/mol. The summed E-state index contributed by atoms with van der Waals surface area (Å²) in [7, 11) is 0. The van der Waals surface area contributed by atoms with Crippen LogP contribution in [0.25, 0.3) is 10.8 Å². The molecule has 0 N–H and O–H groups in total. The number of carbonyl (C=O) groups excluding carboxylic acids is 1. The van der Waals surface area contributed by atoms with Crippen LogP contribution in [0.5, 0.6) is 5.75 Å². The molecule has 0 radical (unpaired) electrons. The summed E-state index contributed by atoms with van der Waals surface area (Å²) in [6.07, 6.45) is 5.18. The van der Waals surface area contributed by atoms with Crippen molar-refractivity contribution >= 4 is 16.7 Å². The first-order valence-electron chi connectivity index (χ1n) is 7.91. The molecule has 0 aromatic heterocycles. The fourth-order valence-corrected chi connectivity index (χ4v) is 3.14. The summed E-state index contributed by atoms with van der Waals surface area (Å²) in [6.45, 7) is 3.77. The van der Waals surface area contributed by atoms with E-state index in [-0.39, 0.29) is 28.4 Å². The Bertz CT molecular complexity index is 793. The Kier molecular flexibility index (Phi) is 4.60. The van der Waals surface area contributed by atoms with E-state index < -0.39 is 17.5 Å². The normalized spacial score (nSPS) is 20.8. The van der Waals surface area contributed by atoms with Gasteiger partial charge in [-0.05, 0) is 61.3 Å². The Balaban J connectivity index is 1.77. The first-order chi connectivity index (χ1) is 11.5.